The van der Waals surface area contributed by atoms with Gasteiger partial charge in [-0.3, -0.25) is 4.79 Å². The molecule has 4 aromatic rings. The minimum atomic E-state index is 0.0576. The molecule has 0 saturated carbocycles. The molecule has 1 N–H and O–H groups in total. The van der Waals surface area contributed by atoms with Crippen LogP contribution in [0.1, 0.15) is 30.0 Å². The van der Waals surface area contributed by atoms with E-state index in [-0.39, 0.29) is 5.91 Å². The van der Waals surface area contributed by atoms with Gasteiger partial charge in [0.1, 0.15) is 12.4 Å². The first-order chi connectivity index (χ1) is 15.6. The number of aromatic nitrogens is 1. The van der Waals surface area contributed by atoms with Gasteiger partial charge < -0.3 is 14.6 Å². The van der Waals surface area contributed by atoms with E-state index in [4.69, 9.17) is 4.74 Å². The van der Waals surface area contributed by atoms with Crippen molar-refractivity contribution in [3.8, 4) is 5.75 Å². The molecule has 0 aliphatic carbocycles. The summed E-state index contributed by atoms with van der Waals surface area (Å²) in [5.74, 6) is 0.909. The molecule has 4 rings (SSSR count). The Kier molecular flexibility index (Phi) is 7.28. The third kappa shape index (κ3) is 5.60. The number of carbonyl (C=O) groups excluding carboxylic acids is 1. The second-order valence-electron chi connectivity index (χ2n) is 7.89. The van der Waals surface area contributed by atoms with Crippen LogP contribution in [-0.4, -0.2) is 17.0 Å². The number of hydrogen-bond acceptors (Lipinski definition) is 2. The highest BCUT2D eigenvalue weighted by Gasteiger charge is 2.13. The van der Waals surface area contributed by atoms with Gasteiger partial charge >= 0.3 is 0 Å². The van der Waals surface area contributed by atoms with Crippen molar-refractivity contribution < 1.29 is 9.53 Å². The summed E-state index contributed by atoms with van der Waals surface area (Å²) in [5, 5.41) is 4.08. The van der Waals surface area contributed by atoms with Gasteiger partial charge in [0, 0.05) is 34.7 Å². The number of nitrogens with zero attached hydrogens (tertiary/aromatic N) is 1. The molecule has 32 heavy (non-hydrogen) atoms. The second-order valence-corrected chi connectivity index (χ2v) is 8.81. The van der Waals surface area contributed by atoms with Gasteiger partial charge in [0.25, 0.3) is 0 Å². The molecule has 1 heterocycles. The zero-order valence-corrected chi connectivity index (χ0v) is 19.8. The van der Waals surface area contributed by atoms with Crippen molar-refractivity contribution in [3.05, 3.63) is 100 Å². The molecule has 0 bridgehead atoms. The maximum absolute atomic E-state index is 12.4. The van der Waals surface area contributed by atoms with Crippen LogP contribution in [0.25, 0.3) is 10.9 Å². The molecule has 1 amide bonds. The Hall–Kier alpha value is -3.05. The van der Waals surface area contributed by atoms with E-state index in [1.807, 2.05) is 36.4 Å². The van der Waals surface area contributed by atoms with E-state index in [9.17, 15) is 4.79 Å². The molecule has 4 nitrogen and oxygen atoms in total. The van der Waals surface area contributed by atoms with Gasteiger partial charge in [0.05, 0.1) is 6.42 Å². The van der Waals surface area contributed by atoms with E-state index in [0.717, 1.165) is 44.2 Å². The van der Waals surface area contributed by atoms with Gasteiger partial charge in [0.15, 0.2) is 0 Å². The average Bonchev–Trinajstić information content (AvgIpc) is 3.13. The zero-order valence-electron chi connectivity index (χ0n) is 18.2. The summed E-state index contributed by atoms with van der Waals surface area (Å²) in [6, 6.07) is 24.6. The van der Waals surface area contributed by atoms with Gasteiger partial charge in [0.2, 0.25) is 5.91 Å². The smallest absolute Gasteiger partial charge is 0.224 e. The Bertz CT molecular complexity index is 1200. The molecule has 0 saturated heterocycles. The van der Waals surface area contributed by atoms with Gasteiger partial charge in [-0.05, 0) is 53.4 Å². The standard InChI is InChI=1S/C27H27BrN2O2/c1-2-13-29-27(31)15-22-18-30(26-12-11-23(28)16-25(22)26)17-21-9-6-10-24(14-21)32-19-20-7-4-3-5-8-20/h3-12,14,16,18H,2,13,15,17,19H2,1H3,(H,29,31). The van der Waals surface area contributed by atoms with E-state index in [2.05, 4.69) is 75.3 Å². The first-order valence-corrected chi connectivity index (χ1v) is 11.7. The van der Waals surface area contributed by atoms with Crippen LogP contribution in [0, 0.1) is 0 Å². The lowest BCUT2D eigenvalue weighted by molar-refractivity contribution is -0.120. The summed E-state index contributed by atoms with van der Waals surface area (Å²) < 4.78 is 9.22. The highest BCUT2D eigenvalue weighted by atomic mass is 79.9. The quantitative estimate of drug-likeness (QED) is 0.308. The number of carbonyl (C=O) groups is 1. The van der Waals surface area contributed by atoms with Crippen molar-refractivity contribution in [2.75, 3.05) is 6.54 Å². The van der Waals surface area contributed by atoms with Crippen molar-refractivity contribution in [3.63, 3.8) is 0 Å². The van der Waals surface area contributed by atoms with Crippen LogP contribution in [-0.2, 0) is 24.4 Å². The fourth-order valence-corrected chi connectivity index (χ4v) is 4.15. The average molecular weight is 491 g/mol. The van der Waals surface area contributed by atoms with Crippen LogP contribution >= 0.6 is 15.9 Å². The lowest BCUT2D eigenvalue weighted by Gasteiger charge is -2.10. The highest BCUT2D eigenvalue weighted by Crippen LogP contribution is 2.27. The third-order valence-electron chi connectivity index (χ3n) is 5.35. The van der Waals surface area contributed by atoms with Crippen LogP contribution in [0.5, 0.6) is 5.75 Å². The first kappa shape index (κ1) is 22.2. The predicted octanol–water partition coefficient (Wildman–Crippen LogP) is 6.10. The highest BCUT2D eigenvalue weighted by molar-refractivity contribution is 9.10. The number of fused-ring (bicyclic) bond motifs is 1. The van der Waals surface area contributed by atoms with Gasteiger partial charge in [-0.2, -0.15) is 0 Å². The van der Waals surface area contributed by atoms with Gasteiger partial charge in [-0.15, -0.1) is 0 Å². The molecule has 0 spiro atoms. The fraction of sp³-hybridized carbons (Fsp3) is 0.222. The predicted molar refractivity (Wildman–Crippen MR) is 133 cm³/mol. The lowest BCUT2D eigenvalue weighted by atomic mass is 10.1. The largest absolute Gasteiger partial charge is 0.489 e. The molecular weight excluding hydrogens is 464 g/mol. The summed E-state index contributed by atoms with van der Waals surface area (Å²) in [7, 11) is 0. The van der Waals surface area contributed by atoms with Crippen molar-refractivity contribution in [1.82, 2.24) is 9.88 Å². The Balaban J connectivity index is 1.54. The Morgan fingerprint density at radius 2 is 1.81 bits per heavy atom. The van der Waals surface area contributed by atoms with E-state index in [1.165, 1.54) is 0 Å². The molecule has 0 atom stereocenters. The van der Waals surface area contributed by atoms with Crippen molar-refractivity contribution in [1.29, 1.82) is 0 Å². The minimum Gasteiger partial charge on any atom is -0.489 e. The Labute approximate surface area is 197 Å². The molecule has 3 aromatic carbocycles. The maximum atomic E-state index is 12.4. The number of ether oxygens (including phenoxy) is 1. The summed E-state index contributed by atoms with van der Waals surface area (Å²) in [4.78, 5) is 12.4. The third-order valence-corrected chi connectivity index (χ3v) is 5.84. The van der Waals surface area contributed by atoms with Crippen LogP contribution in [0.4, 0.5) is 0 Å². The van der Waals surface area contributed by atoms with Crippen molar-refractivity contribution in [2.45, 2.75) is 32.9 Å². The van der Waals surface area contributed by atoms with E-state index in [1.54, 1.807) is 0 Å². The van der Waals surface area contributed by atoms with Gasteiger partial charge in [-0.25, -0.2) is 0 Å². The normalized spacial score (nSPS) is 10.9. The topological polar surface area (TPSA) is 43.3 Å². The van der Waals surface area contributed by atoms with Crippen LogP contribution in [0.3, 0.4) is 0 Å². The maximum Gasteiger partial charge on any atom is 0.224 e. The van der Waals surface area contributed by atoms with Crippen molar-refractivity contribution in [2.24, 2.45) is 0 Å². The molecular formula is C27H27BrN2O2. The molecule has 0 aliphatic rings. The molecule has 164 valence electrons. The lowest BCUT2D eigenvalue weighted by Crippen LogP contribution is -2.25. The first-order valence-electron chi connectivity index (χ1n) is 10.9. The molecule has 0 unspecified atom stereocenters. The molecule has 0 fully saturated rings. The summed E-state index contributed by atoms with van der Waals surface area (Å²) in [6.07, 6.45) is 3.40. The monoisotopic (exact) mass is 490 g/mol. The zero-order chi connectivity index (χ0) is 22.3. The van der Waals surface area contributed by atoms with E-state index < -0.39 is 0 Å². The minimum absolute atomic E-state index is 0.0576. The summed E-state index contributed by atoms with van der Waals surface area (Å²) in [5.41, 5.74) is 4.44. The number of hydrogen-bond donors (Lipinski definition) is 1. The number of halogens is 1. The van der Waals surface area contributed by atoms with E-state index in [0.29, 0.717) is 26.1 Å². The molecule has 5 heteroatoms. The number of nitrogens with one attached hydrogen (secondary N) is 1. The molecule has 0 radical (unpaired) electrons. The summed E-state index contributed by atoms with van der Waals surface area (Å²) in [6.45, 7) is 4.01. The number of benzene rings is 3. The van der Waals surface area contributed by atoms with E-state index >= 15 is 0 Å². The summed E-state index contributed by atoms with van der Waals surface area (Å²) >= 11 is 3.57. The Morgan fingerprint density at radius 3 is 2.62 bits per heavy atom. The molecule has 0 aliphatic heterocycles. The SMILES string of the molecule is CCCNC(=O)Cc1cn(Cc2cccc(OCc3ccccc3)c2)c2ccc(Br)cc12. The number of amides is 1. The van der Waals surface area contributed by atoms with Gasteiger partial charge in [-0.1, -0.05) is 65.3 Å². The fourth-order valence-electron chi connectivity index (χ4n) is 3.79. The van der Waals surface area contributed by atoms with Crippen molar-refractivity contribution >= 4 is 32.7 Å². The second kappa shape index (κ2) is 10.5. The van der Waals surface area contributed by atoms with Crippen LogP contribution in [0.2, 0.25) is 0 Å². The van der Waals surface area contributed by atoms with Crippen LogP contribution in [0.15, 0.2) is 83.5 Å². The molecule has 1 aromatic heterocycles. The number of rotatable bonds is 9. The van der Waals surface area contributed by atoms with Crippen LogP contribution < -0.4 is 10.1 Å². The Morgan fingerprint density at radius 1 is 1.00 bits per heavy atom.